The monoisotopic (exact) mass is 292 g/mol. The topological polar surface area (TPSA) is 61.8 Å². The van der Waals surface area contributed by atoms with E-state index in [1.54, 1.807) is 0 Å². The van der Waals surface area contributed by atoms with E-state index < -0.39 is 12.0 Å². The summed E-state index contributed by atoms with van der Waals surface area (Å²) in [5.41, 5.74) is 2.39. The number of nitrogens with one attached hydrogen (secondary N) is 1. The number of nitrogens with zero attached hydrogens (tertiary/aromatic N) is 1. The molecule has 0 bridgehead atoms. The van der Waals surface area contributed by atoms with Crippen LogP contribution in [0.2, 0.25) is 0 Å². The fourth-order valence-electron chi connectivity index (χ4n) is 2.73. The molecule has 0 amide bonds. The molecule has 1 aliphatic heterocycles. The molecule has 1 atom stereocenters. The molecule has 5 heteroatoms. The molecule has 21 heavy (non-hydrogen) atoms. The first-order valence-electron chi connectivity index (χ1n) is 7.45. The Labute approximate surface area is 125 Å². The maximum Gasteiger partial charge on any atom is 0.322 e. The van der Waals surface area contributed by atoms with Crippen LogP contribution in [0.15, 0.2) is 18.2 Å². The third-order valence-electron chi connectivity index (χ3n) is 3.69. The van der Waals surface area contributed by atoms with E-state index in [1.807, 2.05) is 17.0 Å². The van der Waals surface area contributed by atoms with Crippen LogP contribution in [0.1, 0.15) is 17.5 Å². The maximum atomic E-state index is 11.2. The fraction of sp³-hybridized carbons (Fsp3) is 0.562. The molecule has 1 aromatic carbocycles. The van der Waals surface area contributed by atoms with Crippen LogP contribution in [0.3, 0.4) is 0 Å². The molecule has 1 unspecified atom stereocenters. The molecule has 1 fully saturated rings. The van der Waals surface area contributed by atoms with Crippen LogP contribution >= 0.6 is 0 Å². The zero-order valence-corrected chi connectivity index (χ0v) is 12.8. The number of aryl methyl sites for hydroxylation is 2. The van der Waals surface area contributed by atoms with E-state index in [4.69, 9.17) is 4.74 Å². The average Bonchev–Trinajstić information content (AvgIpc) is 2.43. The summed E-state index contributed by atoms with van der Waals surface area (Å²) in [7, 11) is 0. The van der Waals surface area contributed by atoms with Gasteiger partial charge in [0.15, 0.2) is 0 Å². The number of aliphatic carboxylic acids is 1. The minimum atomic E-state index is -0.752. The highest BCUT2D eigenvalue weighted by atomic mass is 16.5. The third-order valence-corrected chi connectivity index (χ3v) is 3.69. The summed E-state index contributed by atoms with van der Waals surface area (Å²) >= 11 is 0. The number of piperazine rings is 1. The minimum Gasteiger partial charge on any atom is -0.494 e. The van der Waals surface area contributed by atoms with Crippen LogP contribution in [-0.2, 0) is 4.79 Å². The molecule has 0 spiro atoms. The summed E-state index contributed by atoms with van der Waals surface area (Å²) in [5, 5.41) is 12.3. The number of hydrogen-bond acceptors (Lipinski definition) is 4. The second-order valence-electron chi connectivity index (χ2n) is 5.62. The molecule has 1 heterocycles. The number of carboxylic acid groups (broad SMARTS) is 1. The molecule has 0 aliphatic carbocycles. The van der Waals surface area contributed by atoms with Gasteiger partial charge in [-0.05, 0) is 43.5 Å². The van der Waals surface area contributed by atoms with Crippen LogP contribution in [0, 0.1) is 13.8 Å². The first kappa shape index (κ1) is 15.8. The zero-order valence-electron chi connectivity index (χ0n) is 12.8. The Morgan fingerprint density at radius 2 is 2.10 bits per heavy atom. The summed E-state index contributed by atoms with van der Waals surface area (Å²) in [6.07, 6.45) is 0.830. The molecule has 1 saturated heterocycles. The normalized spacial score (nSPS) is 19.4. The van der Waals surface area contributed by atoms with Gasteiger partial charge in [0.2, 0.25) is 0 Å². The lowest BCUT2D eigenvalue weighted by Gasteiger charge is -2.33. The first-order valence-corrected chi connectivity index (χ1v) is 7.45. The summed E-state index contributed by atoms with van der Waals surface area (Å²) in [6.45, 7) is 7.62. The molecule has 0 radical (unpaired) electrons. The number of carbonyl (C=O) groups is 1. The van der Waals surface area contributed by atoms with E-state index in [-0.39, 0.29) is 0 Å². The van der Waals surface area contributed by atoms with Crippen molar-refractivity contribution >= 4 is 5.97 Å². The van der Waals surface area contributed by atoms with Crippen molar-refractivity contribution in [1.82, 2.24) is 10.2 Å². The molecule has 116 valence electrons. The van der Waals surface area contributed by atoms with E-state index >= 15 is 0 Å². The summed E-state index contributed by atoms with van der Waals surface area (Å²) in [5.74, 6) is 0.139. The van der Waals surface area contributed by atoms with Crippen molar-refractivity contribution in [2.45, 2.75) is 26.3 Å². The van der Waals surface area contributed by atoms with Gasteiger partial charge in [-0.15, -0.1) is 0 Å². The largest absolute Gasteiger partial charge is 0.494 e. The highest BCUT2D eigenvalue weighted by Crippen LogP contribution is 2.16. The SMILES string of the molecule is Cc1cc(C)cc(OCCCN2CCNCC2C(=O)O)c1. The van der Waals surface area contributed by atoms with E-state index in [1.165, 1.54) is 11.1 Å². The van der Waals surface area contributed by atoms with Gasteiger partial charge in [0.1, 0.15) is 11.8 Å². The zero-order chi connectivity index (χ0) is 15.2. The Balaban J connectivity index is 1.77. The molecule has 2 rings (SSSR count). The minimum absolute atomic E-state index is 0.417. The highest BCUT2D eigenvalue weighted by molar-refractivity contribution is 5.73. The molecular weight excluding hydrogens is 268 g/mol. The van der Waals surface area contributed by atoms with Gasteiger partial charge in [-0.3, -0.25) is 9.69 Å². The maximum absolute atomic E-state index is 11.2. The van der Waals surface area contributed by atoms with Crippen molar-refractivity contribution in [2.75, 3.05) is 32.8 Å². The molecule has 1 aromatic rings. The molecule has 5 nitrogen and oxygen atoms in total. The van der Waals surface area contributed by atoms with E-state index in [0.29, 0.717) is 13.2 Å². The summed E-state index contributed by atoms with van der Waals surface area (Å²) in [4.78, 5) is 13.2. The van der Waals surface area contributed by atoms with Gasteiger partial charge in [0.05, 0.1) is 6.61 Å². The first-order chi connectivity index (χ1) is 10.1. The molecule has 0 aromatic heterocycles. The standard InChI is InChI=1S/C16H24N2O3/c1-12-8-13(2)10-14(9-12)21-7-3-5-18-6-4-17-11-15(18)16(19)20/h8-10,15,17H,3-7,11H2,1-2H3,(H,19,20). The molecule has 2 N–H and O–H groups in total. The number of carboxylic acids is 1. The van der Waals surface area contributed by atoms with Crippen LogP contribution in [0.5, 0.6) is 5.75 Å². The van der Waals surface area contributed by atoms with Crippen LogP contribution in [0.25, 0.3) is 0 Å². The number of hydrogen-bond donors (Lipinski definition) is 2. The quantitative estimate of drug-likeness (QED) is 0.777. The Morgan fingerprint density at radius 1 is 1.38 bits per heavy atom. The Bertz CT molecular complexity index is 470. The van der Waals surface area contributed by atoms with Crippen LogP contribution in [0.4, 0.5) is 0 Å². The van der Waals surface area contributed by atoms with E-state index in [9.17, 15) is 9.90 Å². The molecular formula is C16H24N2O3. The summed E-state index contributed by atoms with van der Waals surface area (Å²) in [6, 6.07) is 5.75. The van der Waals surface area contributed by atoms with Crippen LogP contribution < -0.4 is 10.1 Å². The van der Waals surface area contributed by atoms with Gasteiger partial charge in [0.25, 0.3) is 0 Å². The smallest absolute Gasteiger partial charge is 0.322 e. The Hall–Kier alpha value is -1.59. The lowest BCUT2D eigenvalue weighted by Crippen LogP contribution is -2.55. The van der Waals surface area contributed by atoms with Gasteiger partial charge in [-0.25, -0.2) is 0 Å². The second-order valence-corrected chi connectivity index (χ2v) is 5.62. The lowest BCUT2D eigenvalue weighted by molar-refractivity contribution is -0.144. The van der Waals surface area contributed by atoms with Gasteiger partial charge in [0, 0.05) is 26.2 Å². The van der Waals surface area contributed by atoms with Gasteiger partial charge < -0.3 is 15.2 Å². The average molecular weight is 292 g/mol. The van der Waals surface area contributed by atoms with Gasteiger partial charge in [-0.1, -0.05) is 6.07 Å². The number of rotatable bonds is 6. The fourth-order valence-corrected chi connectivity index (χ4v) is 2.73. The van der Waals surface area contributed by atoms with E-state index in [0.717, 1.165) is 31.8 Å². The van der Waals surface area contributed by atoms with Crippen molar-refractivity contribution in [3.8, 4) is 5.75 Å². The van der Waals surface area contributed by atoms with Crippen molar-refractivity contribution in [3.63, 3.8) is 0 Å². The van der Waals surface area contributed by atoms with Crippen molar-refractivity contribution < 1.29 is 14.6 Å². The van der Waals surface area contributed by atoms with Crippen molar-refractivity contribution in [1.29, 1.82) is 0 Å². The lowest BCUT2D eigenvalue weighted by atomic mass is 10.1. The highest BCUT2D eigenvalue weighted by Gasteiger charge is 2.27. The van der Waals surface area contributed by atoms with Gasteiger partial charge in [-0.2, -0.15) is 0 Å². The predicted octanol–water partition coefficient (Wildman–Crippen LogP) is 1.43. The predicted molar refractivity (Wildman–Crippen MR) is 81.9 cm³/mol. The molecule has 0 saturated carbocycles. The van der Waals surface area contributed by atoms with Crippen LogP contribution in [-0.4, -0.2) is 54.8 Å². The molecule has 1 aliphatic rings. The van der Waals surface area contributed by atoms with Gasteiger partial charge >= 0.3 is 5.97 Å². The van der Waals surface area contributed by atoms with E-state index in [2.05, 4.69) is 25.2 Å². The Kier molecular flexibility index (Phi) is 5.59. The van der Waals surface area contributed by atoms with Crippen molar-refractivity contribution in [2.24, 2.45) is 0 Å². The number of ether oxygens (including phenoxy) is 1. The summed E-state index contributed by atoms with van der Waals surface area (Å²) < 4.78 is 5.76. The van der Waals surface area contributed by atoms with Crippen molar-refractivity contribution in [3.05, 3.63) is 29.3 Å². The number of benzene rings is 1. The Morgan fingerprint density at radius 3 is 2.76 bits per heavy atom. The third kappa shape index (κ3) is 4.72. The second kappa shape index (κ2) is 7.43.